The number of benzene rings is 2. The fourth-order valence-corrected chi connectivity index (χ4v) is 9.88. The minimum Gasteiger partial charge on any atom is -0.445 e. The van der Waals surface area contributed by atoms with Gasteiger partial charge in [0.15, 0.2) is 0 Å². The van der Waals surface area contributed by atoms with Crippen molar-refractivity contribution in [1.29, 1.82) is 0 Å². The molecule has 6 fully saturated rings. The van der Waals surface area contributed by atoms with Crippen molar-refractivity contribution in [2.24, 2.45) is 17.2 Å². The third-order valence-electron chi connectivity index (χ3n) is 13.9. The quantitative estimate of drug-likeness (QED) is 0.245. The van der Waals surface area contributed by atoms with E-state index in [1.165, 1.54) is 51.4 Å². The van der Waals surface area contributed by atoms with Gasteiger partial charge >= 0.3 is 12.2 Å². The smallest absolute Gasteiger partial charge is 0.410 e. The van der Waals surface area contributed by atoms with Gasteiger partial charge in [-0.2, -0.15) is 0 Å². The zero-order valence-electron chi connectivity index (χ0n) is 36.8. The lowest BCUT2D eigenvalue weighted by molar-refractivity contribution is -0.122. The molecule has 4 heterocycles. The van der Waals surface area contributed by atoms with Gasteiger partial charge in [0.25, 0.3) is 0 Å². The lowest BCUT2D eigenvalue weighted by atomic mass is 9.89. The number of ether oxygens (including phenoxy) is 2. The molecule has 8 rings (SSSR count). The molecular weight excluding hydrogens is 769 g/mol. The van der Waals surface area contributed by atoms with E-state index in [-0.39, 0.29) is 25.7 Å². The lowest BCUT2D eigenvalue weighted by Gasteiger charge is -2.43. The predicted molar refractivity (Wildman–Crippen MR) is 243 cm³/mol. The summed E-state index contributed by atoms with van der Waals surface area (Å²) in [5.74, 6) is 0.378. The lowest BCUT2D eigenvalue weighted by Crippen LogP contribution is -2.55. The van der Waals surface area contributed by atoms with Crippen LogP contribution in [0.5, 0.6) is 0 Å². The Morgan fingerprint density at radius 2 is 0.951 bits per heavy atom. The highest BCUT2D eigenvalue weighted by Crippen LogP contribution is 2.25. The van der Waals surface area contributed by atoms with Gasteiger partial charge in [-0.3, -0.25) is 9.69 Å². The molecule has 7 N–H and O–H groups in total. The Balaban J connectivity index is 0.000000200. The summed E-state index contributed by atoms with van der Waals surface area (Å²) in [4.78, 5) is 44.6. The molecule has 61 heavy (non-hydrogen) atoms. The summed E-state index contributed by atoms with van der Waals surface area (Å²) in [6, 6.07) is 22.8. The van der Waals surface area contributed by atoms with Gasteiger partial charge in [0.2, 0.25) is 0 Å². The third-order valence-corrected chi connectivity index (χ3v) is 13.9. The number of carbonyl (C=O) groups excluding carboxylic acids is 3. The molecule has 4 atom stereocenters. The van der Waals surface area contributed by atoms with Gasteiger partial charge in [-0.15, -0.1) is 0 Å². The molecule has 13 nitrogen and oxygen atoms in total. The van der Waals surface area contributed by atoms with Crippen molar-refractivity contribution in [3.8, 4) is 0 Å². The first-order valence-corrected chi connectivity index (χ1v) is 23.7. The molecule has 2 aromatic carbocycles. The van der Waals surface area contributed by atoms with Crippen molar-refractivity contribution in [1.82, 2.24) is 24.9 Å². The monoisotopic (exact) mass is 847 g/mol. The highest BCUT2D eigenvalue weighted by atomic mass is 16.6. The number of rotatable bonds is 8. The van der Waals surface area contributed by atoms with Crippen LogP contribution in [0.2, 0.25) is 0 Å². The maximum Gasteiger partial charge on any atom is 0.410 e. The molecule has 2 amide bonds. The Labute approximate surface area is 366 Å². The number of amides is 2. The highest BCUT2D eigenvalue weighted by molar-refractivity contribution is 5.79. The number of piperidine rings is 4. The number of nitrogens with one attached hydrogen (secondary N) is 1. The van der Waals surface area contributed by atoms with Crippen LogP contribution in [0.4, 0.5) is 9.59 Å². The normalized spacial score (nSPS) is 26.3. The molecule has 2 aliphatic carbocycles. The maximum absolute atomic E-state index is 12.4. The zero-order valence-corrected chi connectivity index (χ0v) is 36.8. The van der Waals surface area contributed by atoms with Crippen LogP contribution in [-0.2, 0) is 27.5 Å². The van der Waals surface area contributed by atoms with Crippen LogP contribution in [0.3, 0.4) is 0 Å². The molecule has 6 aliphatic rings. The second kappa shape index (κ2) is 24.9. The number of carbonyl (C=O) groups is 3. The van der Waals surface area contributed by atoms with Crippen LogP contribution in [0.1, 0.15) is 115 Å². The fraction of sp³-hybridized carbons (Fsp3) is 0.688. The van der Waals surface area contributed by atoms with Crippen LogP contribution in [0.25, 0.3) is 0 Å². The molecule has 2 aromatic rings. The maximum atomic E-state index is 12.4. The van der Waals surface area contributed by atoms with E-state index < -0.39 is 0 Å². The Morgan fingerprint density at radius 3 is 1.38 bits per heavy atom. The van der Waals surface area contributed by atoms with Gasteiger partial charge in [0, 0.05) is 95.8 Å². The Hall–Kier alpha value is -3.59. The van der Waals surface area contributed by atoms with Crippen LogP contribution >= 0.6 is 0 Å². The van der Waals surface area contributed by atoms with E-state index in [2.05, 4.69) is 15.1 Å². The second-order valence-corrected chi connectivity index (χ2v) is 18.2. The summed E-state index contributed by atoms with van der Waals surface area (Å²) in [5.41, 5.74) is 19.7. The van der Waals surface area contributed by atoms with Crippen LogP contribution in [0, 0.1) is 0 Å². The van der Waals surface area contributed by atoms with Crippen LogP contribution < -0.4 is 22.5 Å². The number of ketones is 1. The zero-order chi connectivity index (χ0) is 42.8. The first-order valence-electron chi connectivity index (χ1n) is 23.7. The number of likely N-dealkylation sites (tertiary alicyclic amines) is 4. The SMILES string of the molecule is N[C@@H]1CCCC[C@H]1N.N[C@@H]1CCCC[C@H]1NC1CCN(C2CCN(C(=O)OCc3ccccc3)CC2)CC1.O=C1CCN(C2CCN(C(=O)OCc3ccccc3)CC2)CC1.[HH]. The van der Waals surface area contributed by atoms with Crippen molar-refractivity contribution in [2.45, 2.75) is 158 Å². The average Bonchev–Trinajstić information content (AvgIpc) is 3.31. The molecule has 0 bridgehead atoms. The summed E-state index contributed by atoms with van der Waals surface area (Å²) < 4.78 is 10.9. The van der Waals surface area contributed by atoms with Gasteiger partial charge in [-0.25, -0.2) is 9.59 Å². The molecule has 0 radical (unpaired) electrons. The van der Waals surface area contributed by atoms with E-state index in [0.717, 1.165) is 102 Å². The van der Waals surface area contributed by atoms with Gasteiger partial charge < -0.3 is 46.7 Å². The fourth-order valence-electron chi connectivity index (χ4n) is 9.88. The van der Waals surface area contributed by atoms with E-state index in [1.807, 2.05) is 65.6 Å². The van der Waals surface area contributed by atoms with E-state index in [4.69, 9.17) is 26.7 Å². The molecule has 340 valence electrons. The Kier molecular flexibility index (Phi) is 19.1. The van der Waals surface area contributed by atoms with Crippen molar-refractivity contribution in [2.75, 3.05) is 52.4 Å². The van der Waals surface area contributed by atoms with E-state index in [9.17, 15) is 14.4 Å². The standard InChI is InChI=1S/C24H38N4O2.C18H24N2O3.C6H14N2.H2/c25-22-8-4-5-9-23(22)26-20-10-14-27(15-11-20)21-12-16-28(17-13-21)24(29)30-18-19-6-2-1-3-7-19;21-17-8-12-19(13-9-17)16-6-10-20(11-7-16)18(22)23-14-15-4-2-1-3-5-15;7-5-3-1-2-4-6(5)8;/h1-3,6-7,20-23,26H,4-5,8-18,25H2;1-5,16H,6-14H2;5-6H,1-4,7-8H2;1H/t22-,23-;;5-,6-;/m1.1./s1. The van der Waals surface area contributed by atoms with Gasteiger partial charge in [0.1, 0.15) is 19.0 Å². The number of nitrogens with two attached hydrogens (primary N) is 3. The summed E-state index contributed by atoms with van der Waals surface area (Å²) in [6.07, 6.45) is 17.2. The van der Waals surface area contributed by atoms with Crippen molar-refractivity contribution in [3.63, 3.8) is 0 Å². The molecule has 0 aromatic heterocycles. The predicted octanol–water partition coefficient (Wildman–Crippen LogP) is 6.03. The highest BCUT2D eigenvalue weighted by Gasteiger charge is 2.33. The number of hydrogen-bond acceptors (Lipinski definition) is 11. The van der Waals surface area contributed by atoms with E-state index >= 15 is 0 Å². The van der Waals surface area contributed by atoms with E-state index in [0.29, 0.717) is 62.0 Å². The first kappa shape index (κ1) is 46.9. The molecule has 2 saturated carbocycles. The van der Waals surface area contributed by atoms with Gasteiger partial charge in [-0.1, -0.05) is 86.3 Å². The van der Waals surface area contributed by atoms with E-state index in [1.54, 1.807) is 4.90 Å². The minimum atomic E-state index is -0.221. The summed E-state index contributed by atoms with van der Waals surface area (Å²) in [6.45, 7) is 7.82. The molecule has 4 saturated heterocycles. The summed E-state index contributed by atoms with van der Waals surface area (Å²) in [7, 11) is 0. The molecule has 0 unspecified atom stereocenters. The Morgan fingerprint density at radius 1 is 0.541 bits per heavy atom. The number of hydrogen-bond donors (Lipinski definition) is 4. The van der Waals surface area contributed by atoms with Crippen molar-refractivity contribution < 1.29 is 25.3 Å². The van der Waals surface area contributed by atoms with Crippen LogP contribution in [0.15, 0.2) is 60.7 Å². The third kappa shape index (κ3) is 15.3. The number of nitrogens with zero attached hydrogens (tertiary/aromatic N) is 4. The number of Topliss-reactive ketones (excluding diaryl/α,β-unsaturated/α-hetero) is 1. The first-order chi connectivity index (χ1) is 29.7. The van der Waals surface area contributed by atoms with Crippen LogP contribution in [-0.4, -0.2) is 132 Å². The van der Waals surface area contributed by atoms with Gasteiger partial charge in [-0.05, 0) is 88.4 Å². The second-order valence-electron chi connectivity index (χ2n) is 18.2. The summed E-state index contributed by atoms with van der Waals surface area (Å²) in [5, 5.41) is 3.86. The molecule has 4 aliphatic heterocycles. The molecule has 0 spiro atoms. The van der Waals surface area contributed by atoms with Gasteiger partial charge in [0.05, 0.1) is 0 Å². The summed E-state index contributed by atoms with van der Waals surface area (Å²) >= 11 is 0. The molecule has 13 heteroatoms. The largest absolute Gasteiger partial charge is 0.445 e. The average molecular weight is 847 g/mol. The minimum absolute atomic E-state index is 0. The van der Waals surface area contributed by atoms with Crippen molar-refractivity contribution in [3.05, 3.63) is 71.8 Å². The Bertz CT molecular complexity index is 1570. The molecular formula is C48H78N8O5. The topological polar surface area (TPSA) is 173 Å². The van der Waals surface area contributed by atoms with Crippen molar-refractivity contribution >= 4 is 18.0 Å².